The van der Waals surface area contributed by atoms with Crippen molar-refractivity contribution in [1.29, 1.82) is 0 Å². The molecule has 3 atom stereocenters. The molecule has 0 aliphatic carbocycles. The van der Waals surface area contributed by atoms with Gasteiger partial charge in [-0.2, -0.15) is 4.99 Å². The fourth-order valence-corrected chi connectivity index (χ4v) is 4.95. The molecule has 2 aromatic heterocycles. The molecule has 3 unspecified atom stereocenters. The van der Waals surface area contributed by atoms with Crippen LogP contribution in [0.1, 0.15) is 95.0 Å². The zero-order chi connectivity index (χ0) is 31.2. The second kappa shape index (κ2) is 13.9. The molecule has 3 rings (SSSR count). The summed E-state index contributed by atoms with van der Waals surface area (Å²) >= 11 is 0. The summed E-state index contributed by atoms with van der Waals surface area (Å²) in [5, 5.41) is 11.8. The Bertz CT molecular complexity index is 1500. The van der Waals surface area contributed by atoms with Crippen LogP contribution in [0.2, 0.25) is 0 Å². The number of amides is 1. The lowest BCUT2D eigenvalue weighted by Crippen LogP contribution is -2.33. The number of unbranched alkanes of at least 4 members (excludes halogenated alkanes) is 1. The number of rotatable bonds is 13. The number of ketones is 1. The zero-order valence-electron chi connectivity index (χ0n) is 26.0. The van der Waals surface area contributed by atoms with Crippen LogP contribution >= 0.6 is 0 Å². The predicted octanol–water partition coefficient (Wildman–Crippen LogP) is 7.21. The minimum atomic E-state index is -0.838. The van der Waals surface area contributed by atoms with Gasteiger partial charge in [-0.3, -0.25) is 4.79 Å². The molecular formula is C33H44N2O7. The lowest BCUT2D eigenvalue weighted by Gasteiger charge is -2.31. The molecular weight excluding hydrogens is 536 g/mol. The molecule has 9 nitrogen and oxygen atoms in total. The number of hydrogen-bond donors (Lipinski definition) is 1. The van der Waals surface area contributed by atoms with Crippen molar-refractivity contribution < 1.29 is 28.6 Å². The Morgan fingerprint density at radius 1 is 1.17 bits per heavy atom. The van der Waals surface area contributed by atoms with Crippen LogP contribution in [0.5, 0.6) is 11.5 Å². The zero-order valence-corrected chi connectivity index (χ0v) is 26.0. The molecule has 0 aliphatic rings. The van der Waals surface area contributed by atoms with Crippen molar-refractivity contribution in [3.05, 3.63) is 57.8 Å². The Hall–Kier alpha value is -3.88. The summed E-state index contributed by atoms with van der Waals surface area (Å²) in [7, 11) is 3.26. The molecule has 1 amide bonds. The van der Waals surface area contributed by atoms with E-state index in [0.717, 1.165) is 28.8 Å². The molecule has 228 valence electrons. The SMILES string of the molecule is CCC(C)Oc1ccc2c(c1)cc(CC(C)(C)C(C)C(=O)c1c(O)cc(C(C)CCCC=NC(=O)OC)oc1=O)n2C. The summed E-state index contributed by atoms with van der Waals surface area (Å²) in [6, 6.07) is 9.53. The Morgan fingerprint density at radius 3 is 2.52 bits per heavy atom. The van der Waals surface area contributed by atoms with Gasteiger partial charge in [-0.05, 0) is 68.7 Å². The summed E-state index contributed by atoms with van der Waals surface area (Å²) in [6.45, 7) is 11.8. The molecule has 9 heteroatoms. The fraction of sp³-hybridized carbons (Fsp3) is 0.515. The first kappa shape index (κ1) is 32.6. The van der Waals surface area contributed by atoms with Crippen molar-refractivity contribution in [3.8, 4) is 11.5 Å². The number of carbonyl (C=O) groups excluding carboxylic acids is 2. The number of hydrogen-bond acceptors (Lipinski definition) is 7. The van der Waals surface area contributed by atoms with Gasteiger partial charge >= 0.3 is 11.7 Å². The second-order valence-corrected chi connectivity index (χ2v) is 11.8. The number of methoxy groups -OCH3 is 1. The second-order valence-electron chi connectivity index (χ2n) is 11.8. The van der Waals surface area contributed by atoms with Crippen molar-refractivity contribution in [3.63, 3.8) is 0 Å². The molecule has 0 radical (unpaired) electrons. The maximum atomic E-state index is 13.6. The topological polar surface area (TPSA) is 120 Å². The number of aryl methyl sites for hydroxylation is 1. The maximum absolute atomic E-state index is 13.6. The quantitative estimate of drug-likeness (QED) is 0.129. The number of ether oxygens (including phenoxy) is 2. The standard InChI is InChI=1S/C33H44N2O7/c1-9-21(3)41-25-13-14-26-23(17-25)16-24(35(26)7)19-33(5,6)22(4)30(37)29-27(36)18-28(42-31(29)38)20(2)12-10-11-15-34-32(39)40-8/h13-18,20-22,36H,9-12,19H2,1-8H3. The van der Waals surface area contributed by atoms with Gasteiger partial charge in [0.1, 0.15) is 22.8 Å². The summed E-state index contributed by atoms with van der Waals surface area (Å²) in [5.74, 6) is -0.456. The van der Waals surface area contributed by atoms with Gasteiger partial charge in [0.15, 0.2) is 5.78 Å². The summed E-state index contributed by atoms with van der Waals surface area (Å²) in [5.41, 5.74) is 0.421. The molecule has 0 fully saturated rings. The van der Waals surface area contributed by atoms with Crippen LogP contribution in [0.4, 0.5) is 4.79 Å². The van der Waals surface area contributed by atoms with E-state index in [9.17, 15) is 19.5 Å². The molecule has 0 aliphatic heterocycles. The van der Waals surface area contributed by atoms with Gasteiger partial charge in [0, 0.05) is 47.8 Å². The first-order valence-corrected chi connectivity index (χ1v) is 14.6. The summed E-state index contributed by atoms with van der Waals surface area (Å²) < 4.78 is 18.1. The average Bonchev–Trinajstić information content (AvgIpc) is 3.24. The van der Waals surface area contributed by atoms with Gasteiger partial charge in [-0.1, -0.05) is 34.6 Å². The number of aromatic hydroxyl groups is 1. The molecule has 3 aromatic rings. The van der Waals surface area contributed by atoms with Crippen LogP contribution < -0.4 is 10.4 Å². The van der Waals surface area contributed by atoms with Gasteiger partial charge in [0.05, 0.1) is 13.2 Å². The van der Waals surface area contributed by atoms with Gasteiger partial charge in [0.2, 0.25) is 0 Å². The highest BCUT2D eigenvalue weighted by molar-refractivity contribution is 6.00. The largest absolute Gasteiger partial charge is 0.507 e. The third-order valence-corrected chi connectivity index (χ3v) is 8.25. The number of fused-ring (bicyclic) bond motifs is 1. The van der Waals surface area contributed by atoms with E-state index < -0.39 is 28.8 Å². The molecule has 1 N–H and O–H groups in total. The van der Waals surface area contributed by atoms with E-state index >= 15 is 0 Å². The van der Waals surface area contributed by atoms with Crippen molar-refractivity contribution in [2.45, 2.75) is 85.7 Å². The number of nitrogens with zero attached hydrogens (tertiary/aromatic N) is 2. The van der Waals surface area contributed by atoms with E-state index in [-0.39, 0.29) is 23.3 Å². The fourth-order valence-electron chi connectivity index (χ4n) is 4.95. The molecule has 2 heterocycles. The van der Waals surface area contributed by atoms with E-state index in [1.807, 2.05) is 52.9 Å². The first-order chi connectivity index (χ1) is 19.8. The van der Waals surface area contributed by atoms with Gasteiger partial charge in [-0.15, -0.1) is 0 Å². The highest BCUT2D eigenvalue weighted by atomic mass is 16.5. The van der Waals surface area contributed by atoms with Crippen LogP contribution in [0, 0.1) is 11.3 Å². The first-order valence-electron chi connectivity index (χ1n) is 14.6. The van der Waals surface area contributed by atoms with Gasteiger partial charge in [-0.25, -0.2) is 9.59 Å². The molecule has 0 spiro atoms. The van der Waals surface area contributed by atoms with E-state index in [1.165, 1.54) is 19.4 Å². The Balaban J connectivity index is 1.74. The Morgan fingerprint density at radius 2 is 1.88 bits per heavy atom. The molecule has 0 saturated carbocycles. The third-order valence-electron chi connectivity index (χ3n) is 8.25. The molecule has 1 aromatic carbocycles. The normalized spacial score (nSPS) is 14.2. The molecule has 42 heavy (non-hydrogen) atoms. The van der Waals surface area contributed by atoms with Crippen molar-refractivity contribution in [2.75, 3.05) is 7.11 Å². The maximum Gasteiger partial charge on any atom is 0.432 e. The number of aliphatic imine (C=N–C) groups is 1. The van der Waals surface area contributed by atoms with E-state index in [2.05, 4.69) is 27.3 Å². The van der Waals surface area contributed by atoms with Gasteiger partial charge in [0.25, 0.3) is 0 Å². The lowest BCUT2D eigenvalue weighted by atomic mass is 9.73. The van der Waals surface area contributed by atoms with Gasteiger partial charge < -0.3 is 23.6 Å². The third kappa shape index (κ3) is 7.69. The predicted molar refractivity (Wildman–Crippen MR) is 164 cm³/mol. The average molecular weight is 581 g/mol. The lowest BCUT2D eigenvalue weighted by molar-refractivity contribution is 0.0809. The van der Waals surface area contributed by atoms with Crippen LogP contribution in [0.25, 0.3) is 10.9 Å². The summed E-state index contributed by atoms with van der Waals surface area (Å²) in [4.78, 5) is 41.2. The van der Waals surface area contributed by atoms with Crippen molar-refractivity contribution in [1.82, 2.24) is 4.57 Å². The monoisotopic (exact) mass is 580 g/mol. The smallest absolute Gasteiger partial charge is 0.432 e. The van der Waals surface area contributed by atoms with Crippen molar-refractivity contribution >= 4 is 29.0 Å². The van der Waals surface area contributed by atoms with E-state index in [0.29, 0.717) is 31.4 Å². The van der Waals surface area contributed by atoms with Crippen LogP contribution in [-0.4, -0.2) is 41.0 Å². The highest BCUT2D eigenvalue weighted by Crippen LogP contribution is 2.36. The van der Waals surface area contributed by atoms with Crippen LogP contribution in [-0.2, 0) is 18.2 Å². The number of Topliss-reactive ketones (excluding diaryl/α,β-unsaturated/α-hetero) is 1. The van der Waals surface area contributed by atoms with Crippen molar-refractivity contribution in [2.24, 2.45) is 23.4 Å². The Labute approximate surface area is 247 Å². The minimum absolute atomic E-state index is 0.127. The van der Waals surface area contributed by atoms with E-state index in [1.54, 1.807) is 6.92 Å². The minimum Gasteiger partial charge on any atom is -0.507 e. The number of carbonyl (C=O) groups is 2. The summed E-state index contributed by atoms with van der Waals surface area (Å²) in [6.07, 6.45) is 4.30. The molecule has 0 saturated heterocycles. The van der Waals surface area contributed by atoms with Crippen LogP contribution in [0.15, 0.2) is 44.5 Å². The number of aromatic nitrogens is 1. The highest BCUT2D eigenvalue weighted by Gasteiger charge is 2.36. The van der Waals surface area contributed by atoms with E-state index in [4.69, 9.17) is 9.15 Å². The number of benzene rings is 1. The Kier molecular flexibility index (Phi) is 10.8. The van der Waals surface area contributed by atoms with Crippen LogP contribution in [0.3, 0.4) is 0 Å². The molecule has 0 bridgehead atoms.